The summed E-state index contributed by atoms with van der Waals surface area (Å²) in [6.45, 7) is 7.37. The maximum absolute atomic E-state index is 13.1. The largest absolute Gasteiger partial charge is 0.507 e. The zero-order chi connectivity index (χ0) is 22.1. The van der Waals surface area contributed by atoms with Crippen molar-refractivity contribution >= 4 is 28.8 Å². The van der Waals surface area contributed by atoms with Gasteiger partial charge < -0.3 is 19.5 Å². The van der Waals surface area contributed by atoms with Crippen molar-refractivity contribution in [2.24, 2.45) is 0 Å². The smallest absolute Gasteiger partial charge is 0.295 e. The number of nitrogens with zero attached hydrogens (tertiary/aromatic N) is 1. The maximum Gasteiger partial charge on any atom is 0.295 e. The lowest BCUT2D eigenvalue weighted by molar-refractivity contribution is -0.140. The molecule has 0 bridgehead atoms. The molecule has 1 N–H and O–H groups in total. The van der Waals surface area contributed by atoms with Gasteiger partial charge in [0.25, 0.3) is 11.7 Å². The van der Waals surface area contributed by atoms with Crippen LogP contribution in [0, 0.1) is 6.92 Å². The highest BCUT2D eigenvalue weighted by Crippen LogP contribution is 2.43. The molecule has 1 saturated heterocycles. The summed E-state index contributed by atoms with van der Waals surface area (Å²) in [5.41, 5.74) is 2.67. The Morgan fingerprint density at radius 3 is 2.84 bits per heavy atom. The standard InChI is InChI=1S/C24H27NO5S/c1-14(2)29-10-4-9-25-20(23-15(3)8-12-31-23)19(22(27)24(25)28)21(26)17-5-6-18-16(13-17)7-11-30-18/h5-6,8,12-14,20,26H,4,7,9-11H2,1-3H3/b21-19-. The Bertz CT molecular complexity index is 1040. The average molecular weight is 442 g/mol. The number of benzene rings is 1. The Morgan fingerprint density at radius 1 is 1.32 bits per heavy atom. The number of amides is 1. The molecule has 2 aliphatic heterocycles. The quantitative estimate of drug-likeness (QED) is 0.301. The zero-order valence-electron chi connectivity index (χ0n) is 18.0. The minimum Gasteiger partial charge on any atom is -0.507 e. The third kappa shape index (κ3) is 4.12. The molecule has 1 unspecified atom stereocenters. The van der Waals surface area contributed by atoms with Crippen LogP contribution in [0.1, 0.15) is 47.9 Å². The van der Waals surface area contributed by atoms with Crippen molar-refractivity contribution in [1.82, 2.24) is 4.90 Å². The minimum atomic E-state index is -0.642. The molecule has 0 spiro atoms. The molecule has 1 aromatic heterocycles. The van der Waals surface area contributed by atoms with Crippen LogP contribution in [-0.2, 0) is 20.7 Å². The third-order valence-corrected chi connectivity index (χ3v) is 6.72. The first-order valence-electron chi connectivity index (χ1n) is 10.6. The molecule has 0 aliphatic carbocycles. The van der Waals surface area contributed by atoms with E-state index in [9.17, 15) is 14.7 Å². The average Bonchev–Trinajstić information content (AvgIpc) is 3.44. The van der Waals surface area contributed by atoms with Crippen molar-refractivity contribution < 1.29 is 24.2 Å². The van der Waals surface area contributed by atoms with Crippen LogP contribution in [0.5, 0.6) is 5.75 Å². The molecule has 7 heteroatoms. The van der Waals surface area contributed by atoms with Gasteiger partial charge >= 0.3 is 0 Å². The molecule has 164 valence electrons. The Morgan fingerprint density at radius 2 is 2.13 bits per heavy atom. The third-order valence-electron chi connectivity index (χ3n) is 5.65. The minimum absolute atomic E-state index is 0.106. The second-order valence-corrected chi connectivity index (χ2v) is 9.10. The molecular formula is C24H27NO5S. The van der Waals surface area contributed by atoms with Gasteiger partial charge in [-0.1, -0.05) is 0 Å². The molecule has 2 aromatic rings. The van der Waals surface area contributed by atoms with Crippen LogP contribution in [-0.4, -0.2) is 47.6 Å². The molecule has 0 saturated carbocycles. The molecule has 31 heavy (non-hydrogen) atoms. The van der Waals surface area contributed by atoms with Crippen molar-refractivity contribution in [2.75, 3.05) is 19.8 Å². The number of hydrogen-bond donors (Lipinski definition) is 1. The topological polar surface area (TPSA) is 76.1 Å². The van der Waals surface area contributed by atoms with Crippen LogP contribution in [0.4, 0.5) is 0 Å². The van der Waals surface area contributed by atoms with Crippen LogP contribution in [0.25, 0.3) is 5.76 Å². The fourth-order valence-electron chi connectivity index (χ4n) is 4.09. The number of ketones is 1. The van der Waals surface area contributed by atoms with Gasteiger partial charge in [0.05, 0.1) is 24.3 Å². The number of ether oxygens (including phenoxy) is 2. The van der Waals surface area contributed by atoms with E-state index in [1.54, 1.807) is 11.0 Å². The first kappa shape index (κ1) is 21.6. The number of carbonyl (C=O) groups is 2. The first-order chi connectivity index (χ1) is 14.9. The number of fused-ring (bicyclic) bond motifs is 1. The predicted molar refractivity (Wildman–Crippen MR) is 119 cm³/mol. The zero-order valence-corrected chi connectivity index (χ0v) is 18.8. The number of aliphatic hydroxyl groups is 1. The van der Waals surface area contributed by atoms with Crippen LogP contribution < -0.4 is 4.74 Å². The fourth-order valence-corrected chi connectivity index (χ4v) is 5.14. The number of thiophene rings is 1. The van der Waals surface area contributed by atoms with E-state index in [4.69, 9.17) is 9.47 Å². The van der Waals surface area contributed by atoms with Gasteiger partial charge in [-0.05, 0) is 68.0 Å². The van der Waals surface area contributed by atoms with Crippen LogP contribution in [0.15, 0.2) is 35.2 Å². The van der Waals surface area contributed by atoms with Gasteiger partial charge in [-0.2, -0.15) is 0 Å². The normalized spacial score (nSPS) is 19.9. The molecule has 1 fully saturated rings. The summed E-state index contributed by atoms with van der Waals surface area (Å²) in [4.78, 5) is 28.5. The lowest BCUT2D eigenvalue weighted by Crippen LogP contribution is -2.31. The fraction of sp³-hybridized carbons (Fsp3) is 0.417. The van der Waals surface area contributed by atoms with Crippen molar-refractivity contribution in [2.45, 2.75) is 45.8 Å². The number of rotatable bonds is 7. The summed E-state index contributed by atoms with van der Waals surface area (Å²) in [7, 11) is 0. The molecule has 1 atom stereocenters. The van der Waals surface area contributed by atoms with Crippen molar-refractivity contribution in [3.63, 3.8) is 0 Å². The van der Waals surface area contributed by atoms with Gasteiger partial charge in [-0.3, -0.25) is 9.59 Å². The first-order valence-corrected chi connectivity index (χ1v) is 11.5. The van der Waals surface area contributed by atoms with E-state index >= 15 is 0 Å². The highest BCUT2D eigenvalue weighted by Gasteiger charge is 2.46. The van der Waals surface area contributed by atoms with Gasteiger partial charge in [-0.25, -0.2) is 0 Å². The van der Waals surface area contributed by atoms with Gasteiger partial charge in [-0.15, -0.1) is 11.3 Å². The number of Topliss-reactive ketones (excluding diaryl/α,β-unsaturated/α-hetero) is 1. The number of aryl methyl sites for hydroxylation is 1. The molecule has 6 nitrogen and oxygen atoms in total. The Balaban J connectivity index is 1.73. The monoisotopic (exact) mass is 441 g/mol. The number of likely N-dealkylation sites (tertiary alicyclic amines) is 1. The molecule has 1 amide bonds. The van der Waals surface area contributed by atoms with E-state index in [-0.39, 0.29) is 17.4 Å². The van der Waals surface area contributed by atoms with E-state index in [1.807, 2.05) is 44.4 Å². The Labute approximate surface area is 186 Å². The Kier molecular flexibility index (Phi) is 6.16. The van der Waals surface area contributed by atoms with E-state index in [1.165, 1.54) is 11.3 Å². The lowest BCUT2D eigenvalue weighted by Gasteiger charge is -2.25. The molecule has 3 heterocycles. The summed E-state index contributed by atoms with van der Waals surface area (Å²) >= 11 is 1.49. The number of hydrogen-bond acceptors (Lipinski definition) is 6. The predicted octanol–water partition coefficient (Wildman–Crippen LogP) is 4.23. The molecule has 0 radical (unpaired) electrons. The summed E-state index contributed by atoms with van der Waals surface area (Å²) < 4.78 is 11.2. The van der Waals surface area contributed by atoms with Crippen molar-refractivity contribution in [1.29, 1.82) is 0 Å². The highest BCUT2D eigenvalue weighted by atomic mass is 32.1. The van der Waals surface area contributed by atoms with Crippen LogP contribution in [0.3, 0.4) is 0 Å². The van der Waals surface area contributed by atoms with E-state index in [2.05, 4.69) is 0 Å². The van der Waals surface area contributed by atoms with Crippen LogP contribution in [0.2, 0.25) is 0 Å². The van der Waals surface area contributed by atoms with Crippen molar-refractivity contribution in [3.05, 3.63) is 56.8 Å². The number of carbonyl (C=O) groups excluding carboxylic acids is 2. The summed E-state index contributed by atoms with van der Waals surface area (Å²) in [6, 6.07) is 6.77. The van der Waals surface area contributed by atoms with E-state index < -0.39 is 17.7 Å². The highest BCUT2D eigenvalue weighted by molar-refractivity contribution is 7.10. The lowest BCUT2D eigenvalue weighted by atomic mass is 9.97. The molecule has 4 rings (SSSR count). The van der Waals surface area contributed by atoms with Crippen LogP contribution >= 0.6 is 11.3 Å². The molecular weight excluding hydrogens is 414 g/mol. The van der Waals surface area contributed by atoms with E-state index in [0.717, 1.165) is 28.2 Å². The summed E-state index contributed by atoms with van der Waals surface area (Å²) in [5.74, 6) is -0.551. The summed E-state index contributed by atoms with van der Waals surface area (Å²) in [5, 5.41) is 13.1. The SMILES string of the molecule is Cc1ccsc1C1/C(=C(/O)c2ccc3c(c2)CCO3)C(=O)C(=O)N1CCCOC(C)C. The molecule has 2 aliphatic rings. The number of aliphatic hydroxyl groups excluding tert-OH is 1. The van der Waals surface area contributed by atoms with E-state index in [0.29, 0.717) is 31.7 Å². The molecule has 1 aromatic carbocycles. The second-order valence-electron chi connectivity index (χ2n) is 8.15. The van der Waals surface area contributed by atoms with Gasteiger partial charge in [0.1, 0.15) is 11.5 Å². The van der Waals surface area contributed by atoms with Gasteiger partial charge in [0.2, 0.25) is 0 Å². The summed E-state index contributed by atoms with van der Waals surface area (Å²) in [6.07, 6.45) is 1.48. The van der Waals surface area contributed by atoms with Crippen molar-refractivity contribution in [3.8, 4) is 5.75 Å². The maximum atomic E-state index is 13.1. The van der Waals surface area contributed by atoms with Gasteiger partial charge in [0, 0.05) is 30.0 Å². The van der Waals surface area contributed by atoms with Gasteiger partial charge in [0.15, 0.2) is 0 Å². The Hall–Kier alpha value is -2.64. The second kappa shape index (κ2) is 8.85.